The van der Waals surface area contributed by atoms with Crippen LogP contribution < -0.4 is 0 Å². The zero-order valence-electron chi connectivity index (χ0n) is 12.0. The standard InChI is InChI=1S/C18H23N/c1-11-4-6-14(7-5-11)16-9-15-8-12(2)18-17(16)13(3)10-19(15)18/h4-7,12,15-18H,3,8-10H2,1-2H3/t12?,15?,16-,17?,18?/m0/s1. The molecular formula is C18H23N. The molecule has 0 aromatic heterocycles. The smallest absolute Gasteiger partial charge is 0.0200 e. The number of hydrogen-bond acceptors (Lipinski definition) is 1. The fraction of sp³-hybridized carbons (Fsp3) is 0.556. The van der Waals surface area contributed by atoms with Crippen LogP contribution in [0.5, 0.6) is 0 Å². The van der Waals surface area contributed by atoms with E-state index in [1.165, 1.54) is 24.0 Å². The molecule has 0 radical (unpaired) electrons. The first-order valence-electron chi connectivity index (χ1n) is 7.65. The average molecular weight is 253 g/mol. The lowest BCUT2D eigenvalue weighted by molar-refractivity contribution is 0.142. The predicted molar refractivity (Wildman–Crippen MR) is 79.2 cm³/mol. The van der Waals surface area contributed by atoms with Crippen LogP contribution in [0, 0.1) is 18.8 Å². The summed E-state index contributed by atoms with van der Waals surface area (Å²) in [6.07, 6.45) is 2.74. The Morgan fingerprint density at radius 3 is 2.63 bits per heavy atom. The zero-order valence-corrected chi connectivity index (χ0v) is 12.0. The third-order valence-corrected chi connectivity index (χ3v) is 5.77. The normalized spacial score (nSPS) is 43.8. The molecule has 1 heteroatoms. The summed E-state index contributed by atoms with van der Waals surface area (Å²) in [6.45, 7) is 10.2. The molecule has 1 aromatic carbocycles. The lowest BCUT2D eigenvalue weighted by atomic mass is 9.75. The van der Waals surface area contributed by atoms with Crippen molar-refractivity contribution >= 4 is 0 Å². The molecular weight excluding hydrogens is 230 g/mol. The molecule has 5 unspecified atom stereocenters. The number of benzene rings is 1. The molecule has 4 rings (SSSR count). The Labute approximate surface area is 116 Å². The first-order valence-corrected chi connectivity index (χ1v) is 7.65. The number of aryl methyl sites for hydroxylation is 1. The summed E-state index contributed by atoms with van der Waals surface area (Å²) in [7, 11) is 0. The van der Waals surface area contributed by atoms with Crippen LogP contribution in [0.4, 0.5) is 0 Å². The van der Waals surface area contributed by atoms with Gasteiger partial charge in [0.1, 0.15) is 0 Å². The van der Waals surface area contributed by atoms with Gasteiger partial charge >= 0.3 is 0 Å². The molecule has 100 valence electrons. The summed E-state index contributed by atoms with van der Waals surface area (Å²) >= 11 is 0. The Kier molecular flexibility index (Phi) is 2.44. The van der Waals surface area contributed by atoms with Gasteiger partial charge in [0, 0.05) is 24.5 Å². The molecule has 0 aliphatic carbocycles. The molecule has 3 fully saturated rings. The minimum atomic E-state index is 0.705. The second kappa shape index (κ2) is 3.96. The van der Waals surface area contributed by atoms with E-state index < -0.39 is 0 Å². The maximum absolute atomic E-state index is 4.40. The van der Waals surface area contributed by atoms with Gasteiger partial charge in [0.05, 0.1) is 0 Å². The van der Waals surface area contributed by atoms with Crippen molar-refractivity contribution in [3.63, 3.8) is 0 Å². The van der Waals surface area contributed by atoms with Gasteiger partial charge < -0.3 is 0 Å². The van der Waals surface area contributed by atoms with Crippen molar-refractivity contribution in [1.82, 2.24) is 4.90 Å². The maximum Gasteiger partial charge on any atom is 0.0200 e. The van der Waals surface area contributed by atoms with E-state index in [1.807, 2.05) is 0 Å². The highest BCUT2D eigenvalue weighted by molar-refractivity contribution is 5.34. The van der Waals surface area contributed by atoms with E-state index in [9.17, 15) is 0 Å². The molecule has 6 atom stereocenters. The highest BCUT2D eigenvalue weighted by atomic mass is 15.3. The predicted octanol–water partition coefficient (Wildman–Crippen LogP) is 3.75. The van der Waals surface area contributed by atoms with E-state index >= 15 is 0 Å². The lowest BCUT2D eigenvalue weighted by Gasteiger charge is -2.38. The SMILES string of the molecule is C=C1CN2C3CC(C)C2C1[C@H](c1ccc(C)cc1)C3. The van der Waals surface area contributed by atoms with Crippen LogP contribution in [0.15, 0.2) is 36.4 Å². The molecule has 1 nitrogen and oxygen atoms in total. The molecule has 3 heterocycles. The van der Waals surface area contributed by atoms with Crippen molar-refractivity contribution in [2.75, 3.05) is 6.54 Å². The molecule has 19 heavy (non-hydrogen) atoms. The van der Waals surface area contributed by atoms with Crippen molar-refractivity contribution in [3.05, 3.63) is 47.5 Å². The van der Waals surface area contributed by atoms with Crippen molar-refractivity contribution < 1.29 is 0 Å². The summed E-state index contributed by atoms with van der Waals surface area (Å²) < 4.78 is 0. The zero-order chi connectivity index (χ0) is 13.1. The van der Waals surface area contributed by atoms with Gasteiger partial charge in [-0.1, -0.05) is 48.9 Å². The minimum Gasteiger partial charge on any atom is -0.293 e. The minimum absolute atomic E-state index is 0.705. The number of rotatable bonds is 1. The van der Waals surface area contributed by atoms with Crippen molar-refractivity contribution in [1.29, 1.82) is 0 Å². The Hall–Kier alpha value is -1.08. The fourth-order valence-electron chi connectivity index (χ4n) is 5.00. The van der Waals surface area contributed by atoms with Crippen molar-refractivity contribution in [2.24, 2.45) is 11.8 Å². The number of piperidine rings is 1. The van der Waals surface area contributed by atoms with Crippen LogP contribution in [-0.2, 0) is 0 Å². The van der Waals surface area contributed by atoms with E-state index in [2.05, 4.69) is 49.6 Å². The summed E-state index contributed by atoms with van der Waals surface area (Å²) in [6, 6.07) is 10.8. The fourth-order valence-corrected chi connectivity index (χ4v) is 5.00. The Bertz CT molecular complexity index is 515. The third-order valence-electron chi connectivity index (χ3n) is 5.77. The summed E-state index contributed by atoms with van der Waals surface area (Å²) in [5.41, 5.74) is 4.40. The second-order valence-corrected chi connectivity index (χ2v) is 6.97. The van der Waals surface area contributed by atoms with E-state index in [1.54, 1.807) is 5.56 Å². The van der Waals surface area contributed by atoms with E-state index in [-0.39, 0.29) is 0 Å². The first-order chi connectivity index (χ1) is 9.15. The summed E-state index contributed by atoms with van der Waals surface area (Å²) in [5.74, 6) is 2.27. The van der Waals surface area contributed by atoms with E-state index in [4.69, 9.17) is 0 Å². The lowest BCUT2D eigenvalue weighted by Crippen LogP contribution is -2.41. The quantitative estimate of drug-likeness (QED) is 0.689. The summed E-state index contributed by atoms with van der Waals surface area (Å²) in [4.78, 5) is 2.75. The molecule has 0 spiro atoms. The van der Waals surface area contributed by atoms with E-state index in [0.717, 1.165) is 24.5 Å². The third kappa shape index (κ3) is 1.57. The Balaban J connectivity index is 1.74. The highest BCUT2D eigenvalue weighted by Crippen LogP contribution is 2.55. The topological polar surface area (TPSA) is 3.24 Å². The molecule has 3 saturated heterocycles. The average Bonchev–Trinajstić information content (AvgIpc) is 2.76. The van der Waals surface area contributed by atoms with Gasteiger partial charge in [0.25, 0.3) is 0 Å². The largest absolute Gasteiger partial charge is 0.293 e. The monoisotopic (exact) mass is 253 g/mol. The van der Waals surface area contributed by atoms with Crippen molar-refractivity contribution in [3.8, 4) is 0 Å². The summed E-state index contributed by atoms with van der Waals surface area (Å²) in [5, 5.41) is 0. The Morgan fingerprint density at radius 1 is 1.16 bits per heavy atom. The first kappa shape index (κ1) is 11.7. The number of hydrogen-bond donors (Lipinski definition) is 0. The highest BCUT2D eigenvalue weighted by Gasteiger charge is 2.55. The molecule has 3 aliphatic rings. The second-order valence-electron chi connectivity index (χ2n) is 6.97. The molecule has 3 aliphatic heterocycles. The Morgan fingerprint density at radius 2 is 1.89 bits per heavy atom. The number of nitrogens with zero attached hydrogens (tertiary/aromatic N) is 1. The van der Waals surface area contributed by atoms with E-state index in [0.29, 0.717) is 11.8 Å². The van der Waals surface area contributed by atoms with Gasteiger partial charge in [0.2, 0.25) is 0 Å². The van der Waals surface area contributed by atoms with Gasteiger partial charge in [0.15, 0.2) is 0 Å². The van der Waals surface area contributed by atoms with Crippen LogP contribution in [-0.4, -0.2) is 23.5 Å². The molecule has 0 N–H and O–H groups in total. The van der Waals surface area contributed by atoms with Crippen LogP contribution in [0.3, 0.4) is 0 Å². The van der Waals surface area contributed by atoms with Gasteiger partial charge in [-0.15, -0.1) is 0 Å². The molecule has 1 aromatic rings. The van der Waals surface area contributed by atoms with Crippen LogP contribution in [0.25, 0.3) is 0 Å². The maximum atomic E-state index is 4.40. The molecule has 4 bridgehead atoms. The van der Waals surface area contributed by atoms with Crippen molar-refractivity contribution in [2.45, 2.75) is 44.7 Å². The van der Waals surface area contributed by atoms with Gasteiger partial charge in [-0.2, -0.15) is 0 Å². The van der Waals surface area contributed by atoms with Gasteiger partial charge in [-0.25, -0.2) is 0 Å². The van der Waals surface area contributed by atoms with Crippen LogP contribution in [0.2, 0.25) is 0 Å². The molecule has 0 amide bonds. The van der Waals surface area contributed by atoms with Crippen LogP contribution >= 0.6 is 0 Å². The van der Waals surface area contributed by atoms with Crippen LogP contribution in [0.1, 0.15) is 36.8 Å². The van der Waals surface area contributed by atoms with Gasteiger partial charge in [-0.05, 0) is 37.2 Å². The molecule has 0 saturated carbocycles. The van der Waals surface area contributed by atoms with Gasteiger partial charge in [-0.3, -0.25) is 4.90 Å².